The number of amides is 4. The van der Waals surface area contributed by atoms with E-state index in [1.165, 1.54) is 12.1 Å². The number of rotatable bonds is 5. The van der Waals surface area contributed by atoms with Gasteiger partial charge in [-0.25, -0.2) is 9.69 Å². The fraction of sp³-hybridized carbons (Fsp3) is 0.148. The fourth-order valence-electron chi connectivity index (χ4n) is 3.85. The van der Waals surface area contributed by atoms with Crippen molar-refractivity contribution in [3.8, 4) is 5.75 Å². The second-order valence-corrected chi connectivity index (χ2v) is 9.20. The lowest BCUT2D eigenvalue weighted by atomic mass is 10.1. The van der Waals surface area contributed by atoms with Crippen molar-refractivity contribution in [3.05, 3.63) is 98.0 Å². The third-order valence-corrected chi connectivity index (χ3v) is 6.11. The molecule has 0 spiro atoms. The van der Waals surface area contributed by atoms with E-state index in [0.29, 0.717) is 21.4 Å². The van der Waals surface area contributed by atoms with Crippen LogP contribution in [0.3, 0.4) is 0 Å². The quantitative estimate of drug-likeness (QED) is 0.330. The number of urea groups is 1. The van der Waals surface area contributed by atoms with Crippen molar-refractivity contribution < 1.29 is 19.1 Å². The van der Waals surface area contributed by atoms with Gasteiger partial charge >= 0.3 is 6.03 Å². The first kappa shape index (κ1) is 24.5. The number of carbonyl (C=O) groups is 3. The van der Waals surface area contributed by atoms with Crippen molar-refractivity contribution in [3.63, 3.8) is 0 Å². The molecule has 178 valence electrons. The van der Waals surface area contributed by atoms with Crippen molar-refractivity contribution in [1.82, 2.24) is 5.32 Å². The highest BCUT2D eigenvalue weighted by molar-refractivity contribution is 6.39. The average molecular weight is 509 g/mol. The van der Waals surface area contributed by atoms with E-state index in [1.807, 2.05) is 26.0 Å². The first-order valence-electron chi connectivity index (χ1n) is 10.8. The smallest absolute Gasteiger partial charge is 0.335 e. The Morgan fingerprint density at radius 1 is 0.914 bits per heavy atom. The Kier molecular flexibility index (Phi) is 6.96. The Labute approximate surface area is 213 Å². The Balaban J connectivity index is 1.68. The third-order valence-electron chi connectivity index (χ3n) is 5.46. The number of nitrogens with one attached hydrogen (secondary N) is 1. The summed E-state index contributed by atoms with van der Waals surface area (Å²) in [5, 5.41) is 3.00. The van der Waals surface area contributed by atoms with Crippen molar-refractivity contribution in [2.24, 2.45) is 0 Å². The number of hydrogen-bond donors (Lipinski definition) is 1. The number of carbonyl (C=O) groups excluding carboxylic acids is 3. The van der Waals surface area contributed by atoms with E-state index in [1.54, 1.807) is 37.3 Å². The van der Waals surface area contributed by atoms with Crippen molar-refractivity contribution in [2.45, 2.75) is 27.4 Å². The van der Waals surface area contributed by atoms with Gasteiger partial charge < -0.3 is 4.74 Å². The third kappa shape index (κ3) is 5.39. The lowest BCUT2D eigenvalue weighted by molar-refractivity contribution is -0.122. The van der Waals surface area contributed by atoms with Gasteiger partial charge in [-0.2, -0.15) is 0 Å². The molecule has 0 saturated carbocycles. The lowest BCUT2D eigenvalue weighted by Crippen LogP contribution is -2.54. The molecule has 0 aromatic heterocycles. The van der Waals surface area contributed by atoms with Gasteiger partial charge in [-0.05, 0) is 68.3 Å². The minimum Gasteiger partial charge on any atom is -0.488 e. The van der Waals surface area contributed by atoms with Crippen LogP contribution >= 0.6 is 23.2 Å². The van der Waals surface area contributed by atoms with Gasteiger partial charge in [0, 0.05) is 15.6 Å². The number of imide groups is 2. The predicted molar refractivity (Wildman–Crippen MR) is 137 cm³/mol. The highest BCUT2D eigenvalue weighted by atomic mass is 35.5. The van der Waals surface area contributed by atoms with Crippen LogP contribution in [0.1, 0.15) is 27.8 Å². The largest absolute Gasteiger partial charge is 0.488 e. The van der Waals surface area contributed by atoms with Gasteiger partial charge in [-0.15, -0.1) is 0 Å². The summed E-state index contributed by atoms with van der Waals surface area (Å²) in [6.45, 7) is 6.11. The van der Waals surface area contributed by atoms with E-state index in [9.17, 15) is 14.4 Å². The van der Waals surface area contributed by atoms with Gasteiger partial charge in [0.25, 0.3) is 11.8 Å². The Morgan fingerprint density at radius 3 is 2.31 bits per heavy atom. The lowest BCUT2D eigenvalue weighted by Gasteiger charge is -2.26. The molecular weight excluding hydrogens is 487 g/mol. The molecular formula is C27H22Cl2N2O4. The van der Waals surface area contributed by atoms with Crippen LogP contribution in [-0.2, 0) is 16.2 Å². The van der Waals surface area contributed by atoms with Crippen LogP contribution in [0.25, 0.3) is 6.08 Å². The molecule has 1 aliphatic rings. The first-order valence-corrected chi connectivity index (χ1v) is 11.5. The van der Waals surface area contributed by atoms with E-state index in [2.05, 4.69) is 11.4 Å². The molecule has 0 aliphatic carbocycles. The number of nitrogens with zero attached hydrogens (tertiary/aromatic N) is 1. The molecule has 0 atom stereocenters. The van der Waals surface area contributed by atoms with Crippen LogP contribution in [0, 0.1) is 20.8 Å². The molecule has 1 N–H and O–H groups in total. The minimum atomic E-state index is -0.852. The van der Waals surface area contributed by atoms with Gasteiger partial charge in [-0.3, -0.25) is 14.9 Å². The number of barbiturate groups is 1. The molecule has 0 radical (unpaired) electrons. The zero-order valence-corrected chi connectivity index (χ0v) is 20.8. The molecule has 1 fully saturated rings. The zero-order chi connectivity index (χ0) is 25.3. The normalized spacial score (nSPS) is 14.9. The molecule has 35 heavy (non-hydrogen) atoms. The number of hydrogen-bond acceptors (Lipinski definition) is 4. The van der Waals surface area contributed by atoms with E-state index in [4.69, 9.17) is 27.9 Å². The summed E-state index contributed by atoms with van der Waals surface area (Å²) in [6.07, 6.45) is 1.37. The molecule has 6 nitrogen and oxygen atoms in total. The van der Waals surface area contributed by atoms with Crippen LogP contribution in [-0.4, -0.2) is 17.8 Å². The van der Waals surface area contributed by atoms with E-state index < -0.39 is 17.8 Å². The van der Waals surface area contributed by atoms with Gasteiger partial charge in [0.15, 0.2) is 0 Å². The molecule has 8 heteroatoms. The molecule has 0 bridgehead atoms. The summed E-state index contributed by atoms with van der Waals surface area (Å²) in [7, 11) is 0. The summed E-state index contributed by atoms with van der Waals surface area (Å²) >= 11 is 12.4. The zero-order valence-electron chi connectivity index (χ0n) is 19.3. The molecule has 4 amide bonds. The number of ether oxygens (including phenoxy) is 1. The maximum absolute atomic E-state index is 13.3. The van der Waals surface area contributed by atoms with Crippen molar-refractivity contribution in [1.29, 1.82) is 0 Å². The van der Waals surface area contributed by atoms with E-state index in [-0.39, 0.29) is 17.9 Å². The second-order valence-electron chi connectivity index (χ2n) is 8.36. The summed E-state index contributed by atoms with van der Waals surface area (Å²) in [4.78, 5) is 39.3. The molecule has 1 heterocycles. The number of benzene rings is 3. The van der Waals surface area contributed by atoms with Crippen molar-refractivity contribution in [2.75, 3.05) is 4.90 Å². The fourth-order valence-corrected chi connectivity index (χ4v) is 4.20. The number of halogens is 2. The van der Waals surface area contributed by atoms with Crippen LogP contribution < -0.4 is 15.0 Å². The van der Waals surface area contributed by atoms with Crippen LogP contribution in [0.15, 0.2) is 60.2 Å². The standard InChI is InChI=1S/C27H22Cl2N2O4/c1-15-8-16(2)10-18(9-15)14-35-24-7-5-20(28)11-19(24)12-22-25(32)30-27(34)31(26(22)33)21-6-4-17(3)23(29)13-21/h4-13H,14H2,1-3H3,(H,30,32,34)/b22-12+. The van der Waals surface area contributed by atoms with Crippen LogP contribution in [0.5, 0.6) is 5.75 Å². The Bertz CT molecular complexity index is 1380. The molecule has 3 aromatic rings. The number of anilines is 1. The minimum absolute atomic E-state index is 0.236. The number of aryl methyl sites for hydroxylation is 3. The highest BCUT2D eigenvalue weighted by Crippen LogP contribution is 2.30. The van der Waals surface area contributed by atoms with Gasteiger partial charge in [0.2, 0.25) is 0 Å². The molecule has 4 rings (SSSR count). The van der Waals surface area contributed by atoms with Crippen molar-refractivity contribution >= 4 is 52.8 Å². The second kappa shape index (κ2) is 9.94. The molecule has 1 aliphatic heterocycles. The van der Waals surface area contributed by atoms with E-state index in [0.717, 1.165) is 27.2 Å². The summed E-state index contributed by atoms with van der Waals surface area (Å²) < 4.78 is 6.02. The Morgan fingerprint density at radius 2 is 1.63 bits per heavy atom. The predicted octanol–water partition coefficient (Wildman–Crippen LogP) is 6.16. The Hall–Kier alpha value is -3.61. The summed E-state index contributed by atoms with van der Waals surface area (Å²) in [5.74, 6) is -1.16. The SMILES string of the molecule is Cc1cc(C)cc(COc2ccc(Cl)cc2/C=C2\C(=O)NC(=O)N(c3ccc(C)c(Cl)c3)C2=O)c1. The van der Waals surface area contributed by atoms with Crippen LogP contribution in [0.4, 0.5) is 10.5 Å². The maximum Gasteiger partial charge on any atom is 0.335 e. The van der Waals surface area contributed by atoms with Gasteiger partial charge in [-0.1, -0.05) is 58.6 Å². The van der Waals surface area contributed by atoms with E-state index >= 15 is 0 Å². The van der Waals surface area contributed by atoms with Gasteiger partial charge in [0.1, 0.15) is 17.9 Å². The first-order chi connectivity index (χ1) is 16.6. The monoisotopic (exact) mass is 508 g/mol. The van der Waals surface area contributed by atoms with Gasteiger partial charge in [0.05, 0.1) is 5.69 Å². The maximum atomic E-state index is 13.3. The topological polar surface area (TPSA) is 75.7 Å². The van der Waals surface area contributed by atoms with Crippen LogP contribution in [0.2, 0.25) is 10.0 Å². The molecule has 1 saturated heterocycles. The summed E-state index contributed by atoms with van der Waals surface area (Å²) in [5.41, 5.74) is 4.45. The summed E-state index contributed by atoms with van der Waals surface area (Å²) in [6, 6.07) is 15.0. The average Bonchev–Trinajstić information content (AvgIpc) is 2.77. The molecule has 0 unspecified atom stereocenters. The molecule has 3 aromatic carbocycles. The highest BCUT2D eigenvalue weighted by Gasteiger charge is 2.37.